The number of amides is 2. The molecular formula is C35H30N2O5S. The average Bonchev–Trinajstić information content (AvgIpc) is 3.05. The van der Waals surface area contributed by atoms with Crippen LogP contribution in [0.15, 0.2) is 132 Å². The van der Waals surface area contributed by atoms with Crippen LogP contribution in [0.1, 0.15) is 21.2 Å². The van der Waals surface area contributed by atoms with Crippen molar-refractivity contribution in [2.45, 2.75) is 10.1 Å². The zero-order chi connectivity index (χ0) is 30.0. The van der Waals surface area contributed by atoms with Gasteiger partial charge in [-0.1, -0.05) is 54.6 Å². The van der Waals surface area contributed by atoms with E-state index in [-0.39, 0.29) is 11.8 Å². The fraction of sp³-hybridized carbons (Fsp3) is 0.0857. The van der Waals surface area contributed by atoms with Crippen molar-refractivity contribution in [3.63, 3.8) is 0 Å². The number of ether oxygens (including phenoxy) is 3. The standard InChI is InChI=1S/C35H30N2O5S/c1-40-31-21-16-25(22-32(31)41-2)34(38)37-27-12-9-15-30(23-27)43-33(24-10-5-3-6-11-24)35(39)36-26-17-19-29(20-18-26)42-28-13-7-4-8-14-28/h3-23,33H,1-2H3,(H,36,39)(H,37,38). The molecule has 0 spiro atoms. The van der Waals surface area contributed by atoms with E-state index < -0.39 is 5.25 Å². The molecule has 1 unspecified atom stereocenters. The molecule has 5 aromatic rings. The van der Waals surface area contributed by atoms with Crippen molar-refractivity contribution in [2.24, 2.45) is 0 Å². The Morgan fingerprint density at radius 3 is 2.00 bits per heavy atom. The molecule has 0 radical (unpaired) electrons. The molecule has 0 bridgehead atoms. The van der Waals surface area contributed by atoms with Crippen molar-refractivity contribution in [3.8, 4) is 23.0 Å². The first-order valence-electron chi connectivity index (χ1n) is 13.5. The number of nitrogens with one attached hydrogen (secondary N) is 2. The molecule has 1 atom stereocenters. The van der Waals surface area contributed by atoms with Crippen LogP contribution >= 0.6 is 11.8 Å². The SMILES string of the molecule is COc1ccc(C(=O)Nc2cccc(SC(C(=O)Nc3ccc(Oc4ccccc4)cc3)c3ccccc3)c2)cc1OC. The Morgan fingerprint density at radius 2 is 1.30 bits per heavy atom. The van der Waals surface area contributed by atoms with Crippen LogP contribution in [0.2, 0.25) is 0 Å². The van der Waals surface area contributed by atoms with Gasteiger partial charge in [-0.25, -0.2) is 0 Å². The molecule has 2 N–H and O–H groups in total. The van der Waals surface area contributed by atoms with Crippen LogP contribution in [0.5, 0.6) is 23.0 Å². The summed E-state index contributed by atoms with van der Waals surface area (Å²) in [5.74, 6) is 1.95. The molecule has 216 valence electrons. The topological polar surface area (TPSA) is 85.9 Å². The number of methoxy groups -OCH3 is 2. The number of thioether (sulfide) groups is 1. The smallest absolute Gasteiger partial charge is 0.255 e. The summed E-state index contributed by atoms with van der Waals surface area (Å²) in [4.78, 5) is 27.4. The van der Waals surface area contributed by atoms with Crippen LogP contribution < -0.4 is 24.8 Å². The Bertz CT molecular complexity index is 1680. The zero-order valence-corrected chi connectivity index (χ0v) is 24.5. The molecule has 0 aliphatic heterocycles. The Labute approximate surface area is 254 Å². The second-order valence-corrected chi connectivity index (χ2v) is 10.6. The van der Waals surface area contributed by atoms with Crippen molar-refractivity contribution in [3.05, 3.63) is 139 Å². The first kappa shape index (κ1) is 29.3. The van der Waals surface area contributed by atoms with Crippen LogP contribution in [-0.2, 0) is 4.79 Å². The minimum absolute atomic E-state index is 0.173. The Morgan fingerprint density at radius 1 is 0.628 bits per heavy atom. The van der Waals surface area contributed by atoms with Crippen LogP contribution in [0.25, 0.3) is 0 Å². The second kappa shape index (κ2) is 14.1. The summed E-state index contributed by atoms with van der Waals surface area (Å²) < 4.78 is 16.5. The molecule has 5 rings (SSSR count). The van der Waals surface area contributed by atoms with Crippen molar-refractivity contribution >= 4 is 35.0 Å². The van der Waals surface area contributed by atoms with Crippen LogP contribution in [0.4, 0.5) is 11.4 Å². The molecule has 5 aromatic carbocycles. The fourth-order valence-electron chi connectivity index (χ4n) is 4.30. The van der Waals surface area contributed by atoms with Gasteiger partial charge in [0, 0.05) is 21.8 Å². The number of carbonyl (C=O) groups is 2. The highest BCUT2D eigenvalue weighted by Gasteiger charge is 2.23. The van der Waals surface area contributed by atoms with Gasteiger partial charge in [0.25, 0.3) is 5.91 Å². The second-order valence-electron chi connectivity index (χ2n) is 9.39. The summed E-state index contributed by atoms with van der Waals surface area (Å²) in [6, 6.07) is 38.8. The minimum atomic E-state index is -0.543. The van der Waals surface area contributed by atoms with Crippen molar-refractivity contribution in [2.75, 3.05) is 24.9 Å². The molecule has 0 aliphatic rings. The number of benzene rings is 5. The van der Waals surface area contributed by atoms with E-state index in [0.717, 1.165) is 16.2 Å². The molecular weight excluding hydrogens is 560 g/mol. The normalized spacial score (nSPS) is 11.2. The molecule has 0 aromatic heterocycles. The van der Waals surface area contributed by atoms with Crippen LogP contribution in [0.3, 0.4) is 0 Å². The molecule has 0 heterocycles. The first-order valence-corrected chi connectivity index (χ1v) is 14.4. The van der Waals surface area contributed by atoms with Gasteiger partial charge in [-0.2, -0.15) is 0 Å². The number of hydrogen-bond donors (Lipinski definition) is 2. The Balaban J connectivity index is 1.29. The number of rotatable bonds is 11. The number of anilines is 2. The summed E-state index contributed by atoms with van der Waals surface area (Å²) in [5, 5.41) is 5.42. The van der Waals surface area contributed by atoms with Crippen molar-refractivity contribution < 1.29 is 23.8 Å². The van der Waals surface area contributed by atoms with E-state index in [1.807, 2.05) is 103 Å². The summed E-state index contributed by atoms with van der Waals surface area (Å²) in [5.41, 5.74) is 2.54. The van der Waals surface area contributed by atoms with E-state index >= 15 is 0 Å². The highest BCUT2D eigenvalue weighted by molar-refractivity contribution is 8.00. The van der Waals surface area contributed by atoms with Gasteiger partial charge in [-0.15, -0.1) is 11.8 Å². The van der Waals surface area contributed by atoms with E-state index in [4.69, 9.17) is 14.2 Å². The molecule has 0 saturated carbocycles. The number of carbonyl (C=O) groups excluding carboxylic acids is 2. The van der Waals surface area contributed by atoms with Crippen LogP contribution in [-0.4, -0.2) is 26.0 Å². The molecule has 2 amide bonds. The summed E-state index contributed by atoms with van der Waals surface area (Å²) in [6.07, 6.45) is 0. The Kier molecular flexibility index (Phi) is 9.61. The van der Waals surface area contributed by atoms with Gasteiger partial charge in [0.1, 0.15) is 16.7 Å². The number of hydrogen-bond acceptors (Lipinski definition) is 6. The van der Waals surface area contributed by atoms with Crippen molar-refractivity contribution in [1.82, 2.24) is 0 Å². The zero-order valence-electron chi connectivity index (χ0n) is 23.7. The monoisotopic (exact) mass is 590 g/mol. The van der Waals surface area contributed by atoms with Gasteiger partial charge in [-0.05, 0) is 78.4 Å². The molecule has 0 saturated heterocycles. The minimum Gasteiger partial charge on any atom is -0.493 e. The van der Waals surface area contributed by atoms with Gasteiger partial charge in [0.15, 0.2) is 11.5 Å². The third-order valence-electron chi connectivity index (χ3n) is 6.43. The fourth-order valence-corrected chi connectivity index (χ4v) is 5.39. The van der Waals surface area contributed by atoms with Gasteiger partial charge < -0.3 is 24.8 Å². The molecule has 7 nitrogen and oxygen atoms in total. The summed E-state index contributed by atoms with van der Waals surface area (Å²) >= 11 is 1.40. The maximum atomic E-state index is 13.6. The highest BCUT2D eigenvalue weighted by atomic mass is 32.2. The quantitative estimate of drug-likeness (QED) is 0.151. The van der Waals surface area contributed by atoms with Crippen molar-refractivity contribution in [1.29, 1.82) is 0 Å². The van der Waals surface area contributed by atoms with Crippen LogP contribution in [0, 0.1) is 0 Å². The van der Waals surface area contributed by atoms with Gasteiger partial charge in [0.2, 0.25) is 5.91 Å². The predicted octanol–water partition coefficient (Wildman–Crippen LogP) is 8.22. The maximum absolute atomic E-state index is 13.6. The molecule has 43 heavy (non-hydrogen) atoms. The largest absolute Gasteiger partial charge is 0.493 e. The average molecular weight is 591 g/mol. The third kappa shape index (κ3) is 7.75. The predicted molar refractivity (Wildman–Crippen MR) is 171 cm³/mol. The lowest BCUT2D eigenvalue weighted by Crippen LogP contribution is -2.19. The lowest BCUT2D eigenvalue weighted by molar-refractivity contribution is -0.115. The lowest BCUT2D eigenvalue weighted by atomic mass is 10.1. The van der Waals surface area contributed by atoms with E-state index in [2.05, 4.69) is 10.6 Å². The highest BCUT2D eigenvalue weighted by Crippen LogP contribution is 2.37. The lowest BCUT2D eigenvalue weighted by Gasteiger charge is -2.18. The molecule has 8 heteroatoms. The molecule has 0 fully saturated rings. The third-order valence-corrected chi connectivity index (χ3v) is 7.68. The van der Waals surface area contributed by atoms with E-state index in [9.17, 15) is 9.59 Å². The maximum Gasteiger partial charge on any atom is 0.255 e. The first-order chi connectivity index (χ1) is 21.0. The summed E-state index contributed by atoms with van der Waals surface area (Å²) in [7, 11) is 3.07. The molecule has 0 aliphatic carbocycles. The van der Waals surface area contributed by atoms with E-state index in [0.29, 0.717) is 34.2 Å². The number of para-hydroxylation sites is 1. The van der Waals surface area contributed by atoms with Gasteiger partial charge >= 0.3 is 0 Å². The van der Waals surface area contributed by atoms with Gasteiger partial charge in [-0.3, -0.25) is 9.59 Å². The van der Waals surface area contributed by atoms with E-state index in [1.54, 1.807) is 31.4 Å². The Hall–Kier alpha value is -5.21. The van der Waals surface area contributed by atoms with Gasteiger partial charge in [0.05, 0.1) is 14.2 Å². The van der Waals surface area contributed by atoms with E-state index in [1.165, 1.54) is 18.9 Å². The summed E-state index contributed by atoms with van der Waals surface area (Å²) in [6.45, 7) is 0.